The van der Waals surface area contributed by atoms with Crippen LogP contribution in [0.2, 0.25) is 0 Å². The Morgan fingerprint density at radius 2 is 1.32 bits per heavy atom. The fourth-order valence-electron chi connectivity index (χ4n) is 6.99. The van der Waals surface area contributed by atoms with Gasteiger partial charge < -0.3 is 33.3 Å². The van der Waals surface area contributed by atoms with Gasteiger partial charge >= 0.3 is 0 Å². The van der Waals surface area contributed by atoms with Gasteiger partial charge in [0, 0.05) is 44.4 Å². The van der Waals surface area contributed by atoms with Gasteiger partial charge in [0.2, 0.25) is 11.8 Å². The van der Waals surface area contributed by atoms with Gasteiger partial charge in [-0.2, -0.15) is 0 Å². The molecular formula is C46H51N5O10S. The van der Waals surface area contributed by atoms with Crippen molar-refractivity contribution in [3.05, 3.63) is 95.7 Å². The van der Waals surface area contributed by atoms with E-state index in [1.165, 1.54) is 22.4 Å². The molecule has 4 amide bonds. The molecule has 1 atom stereocenters. The summed E-state index contributed by atoms with van der Waals surface area (Å²) in [4.78, 5) is 61.9. The Labute approximate surface area is 364 Å². The third-order valence-electron chi connectivity index (χ3n) is 10.3. The lowest BCUT2D eigenvalue weighted by atomic mass is 10.0. The molecule has 62 heavy (non-hydrogen) atoms. The summed E-state index contributed by atoms with van der Waals surface area (Å²) >= 11 is 1.71. The molecule has 3 aromatic carbocycles. The highest BCUT2D eigenvalue weighted by atomic mass is 32.1. The van der Waals surface area contributed by atoms with Crippen molar-refractivity contribution in [2.75, 3.05) is 91.7 Å². The zero-order valence-electron chi connectivity index (χ0n) is 35.0. The Morgan fingerprint density at radius 1 is 0.694 bits per heavy atom. The van der Waals surface area contributed by atoms with Gasteiger partial charge in [-0.1, -0.05) is 30.3 Å². The SMILES string of the molecule is CN(C)c1ccc(-c2ccc(-c3nc4ccc(CCCOCCOCCOCCOCCOCCOc5ccc6c(c5)C(=O)N(C5CCC(=O)NC5=O)C6=O)cc4s3)cc2)cn1. The van der Waals surface area contributed by atoms with Crippen LogP contribution in [0.5, 0.6) is 5.75 Å². The molecule has 1 fully saturated rings. The molecule has 4 heterocycles. The van der Waals surface area contributed by atoms with E-state index in [1.54, 1.807) is 17.4 Å². The summed E-state index contributed by atoms with van der Waals surface area (Å²) in [6.07, 6.45) is 3.92. The van der Waals surface area contributed by atoms with Crippen molar-refractivity contribution in [2.45, 2.75) is 31.7 Å². The van der Waals surface area contributed by atoms with Crippen LogP contribution >= 0.6 is 11.3 Å². The van der Waals surface area contributed by atoms with Gasteiger partial charge in [-0.3, -0.25) is 29.4 Å². The van der Waals surface area contributed by atoms with Gasteiger partial charge in [-0.15, -0.1) is 11.3 Å². The number of nitrogens with zero attached hydrogens (tertiary/aromatic N) is 4. The number of pyridine rings is 1. The highest BCUT2D eigenvalue weighted by Gasteiger charge is 2.44. The standard InChI is InChI=1S/C46H51N5O10S/c1-50(2)41-15-10-34(30-47-41)32-6-8-33(9-7-32)44-48-38-13-5-31(28-40(38)62-44)4-3-17-56-18-19-57-20-21-58-22-23-59-24-25-60-26-27-61-35-11-12-36-37(29-35)46(55)51(45(36)54)39-14-16-42(52)49-43(39)53/h5-13,15,28-30,39H,3-4,14,16-27H2,1-2H3,(H,49,52,53). The van der Waals surface area contributed by atoms with Crippen molar-refractivity contribution in [1.82, 2.24) is 20.2 Å². The van der Waals surface area contributed by atoms with Gasteiger partial charge in [0.05, 0.1) is 80.8 Å². The van der Waals surface area contributed by atoms with Crippen LogP contribution in [0.15, 0.2) is 79.0 Å². The molecule has 0 spiro atoms. The van der Waals surface area contributed by atoms with Crippen LogP contribution in [0.3, 0.4) is 0 Å². The molecule has 1 saturated heterocycles. The van der Waals surface area contributed by atoms with Crippen LogP contribution in [0.1, 0.15) is 45.5 Å². The van der Waals surface area contributed by atoms with E-state index in [0.29, 0.717) is 71.8 Å². The number of aromatic nitrogens is 2. The molecule has 0 bridgehead atoms. The number of ether oxygens (including phenoxy) is 6. The summed E-state index contributed by atoms with van der Waals surface area (Å²) in [5.74, 6) is -0.880. The summed E-state index contributed by atoms with van der Waals surface area (Å²) in [7, 11) is 3.97. The van der Waals surface area contributed by atoms with Crippen molar-refractivity contribution >= 4 is 51.0 Å². The van der Waals surface area contributed by atoms with E-state index in [4.69, 9.17) is 33.4 Å². The number of anilines is 1. The number of rotatable bonds is 24. The maximum Gasteiger partial charge on any atom is 0.262 e. The number of carbonyl (C=O) groups is 4. The van der Waals surface area contributed by atoms with Crippen molar-refractivity contribution < 1.29 is 47.6 Å². The molecule has 326 valence electrons. The number of imide groups is 2. The first kappa shape index (κ1) is 44.4. The topological polar surface area (TPSA) is 168 Å². The third-order valence-corrected chi connectivity index (χ3v) is 11.3. The number of hydrogen-bond acceptors (Lipinski definition) is 14. The van der Waals surface area contributed by atoms with Crippen LogP contribution in [0, 0.1) is 0 Å². The second kappa shape index (κ2) is 21.9. The minimum Gasteiger partial charge on any atom is -0.491 e. The van der Waals surface area contributed by atoms with E-state index in [-0.39, 0.29) is 30.6 Å². The summed E-state index contributed by atoms with van der Waals surface area (Å²) in [5.41, 5.74) is 5.96. The molecular weight excluding hydrogens is 815 g/mol. The number of aryl methyl sites for hydroxylation is 1. The van der Waals surface area contributed by atoms with Crippen molar-refractivity contribution in [3.8, 4) is 27.4 Å². The number of piperidine rings is 1. The molecule has 0 saturated carbocycles. The fraction of sp³-hybridized carbons (Fsp3) is 0.391. The Balaban J connectivity index is 0.666. The summed E-state index contributed by atoms with van der Waals surface area (Å²) in [6, 6.07) is 22.7. The molecule has 5 aromatic rings. The first-order valence-electron chi connectivity index (χ1n) is 20.8. The van der Waals surface area contributed by atoms with Gasteiger partial charge in [-0.05, 0) is 72.9 Å². The molecule has 0 radical (unpaired) electrons. The van der Waals surface area contributed by atoms with Crippen LogP contribution in [-0.2, 0) is 39.7 Å². The number of thiazole rings is 1. The zero-order chi connectivity index (χ0) is 43.3. The predicted octanol–water partition coefficient (Wildman–Crippen LogP) is 5.59. The normalized spacial score (nSPS) is 15.1. The highest BCUT2D eigenvalue weighted by Crippen LogP contribution is 2.33. The number of fused-ring (bicyclic) bond motifs is 2. The molecule has 16 heteroatoms. The average Bonchev–Trinajstić information content (AvgIpc) is 3.81. The second-order valence-electron chi connectivity index (χ2n) is 14.9. The van der Waals surface area contributed by atoms with E-state index >= 15 is 0 Å². The van der Waals surface area contributed by atoms with Crippen molar-refractivity contribution in [3.63, 3.8) is 0 Å². The van der Waals surface area contributed by atoms with E-state index in [2.05, 4.69) is 58.8 Å². The summed E-state index contributed by atoms with van der Waals surface area (Å²) < 4.78 is 34.9. The summed E-state index contributed by atoms with van der Waals surface area (Å²) in [5, 5.41) is 3.20. The number of amides is 4. The highest BCUT2D eigenvalue weighted by molar-refractivity contribution is 7.21. The van der Waals surface area contributed by atoms with Crippen LogP contribution in [0.25, 0.3) is 31.9 Å². The van der Waals surface area contributed by atoms with E-state index in [1.807, 2.05) is 31.3 Å². The number of benzene rings is 3. The number of nitrogens with one attached hydrogen (secondary N) is 1. The quantitative estimate of drug-likeness (QED) is 0.0603. The van der Waals surface area contributed by atoms with Crippen molar-refractivity contribution in [1.29, 1.82) is 0 Å². The van der Waals surface area contributed by atoms with Crippen LogP contribution in [-0.4, -0.2) is 131 Å². The third kappa shape index (κ3) is 11.6. The molecule has 15 nitrogen and oxygen atoms in total. The minimum absolute atomic E-state index is 0.0630. The monoisotopic (exact) mass is 865 g/mol. The smallest absolute Gasteiger partial charge is 0.262 e. The van der Waals surface area contributed by atoms with Gasteiger partial charge in [0.25, 0.3) is 11.8 Å². The Kier molecular flexibility index (Phi) is 15.7. The van der Waals surface area contributed by atoms with Gasteiger partial charge in [0.1, 0.15) is 29.2 Å². The Bertz CT molecular complexity index is 2320. The summed E-state index contributed by atoms with van der Waals surface area (Å²) in [6.45, 7) is 4.78. The molecule has 2 aromatic heterocycles. The van der Waals surface area contributed by atoms with Crippen LogP contribution < -0.4 is 15.0 Å². The Hall–Kier alpha value is -5.62. The first-order chi connectivity index (χ1) is 30.2. The van der Waals surface area contributed by atoms with Gasteiger partial charge in [-0.25, -0.2) is 9.97 Å². The molecule has 0 aliphatic carbocycles. The zero-order valence-corrected chi connectivity index (χ0v) is 35.8. The molecule has 1 unspecified atom stereocenters. The molecule has 2 aliphatic heterocycles. The lowest BCUT2D eigenvalue weighted by molar-refractivity contribution is -0.136. The average molecular weight is 866 g/mol. The van der Waals surface area contributed by atoms with E-state index in [9.17, 15) is 19.2 Å². The molecule has 7 rings (SSSR count). The maximum atomic E-state index is 13.0. The predicted molar refractivity (Wildman–Crippen MR) is 234 cm³/mol. The minimum atomic E-state index is -1.01. The van der Waals surface area contributed by atoms with Crippen LogP contribution in [0.4, 0.5) is 5.82 Å². The molecule has 2 aliphatic rings. The number of hydrogen-bond donors (Lipinski definition) is 1. The Morgan fingerprint density at radius 3 is 1.97 bits per heavy atom. The second-order valence-corrected chi connectivity index (χ2v) is 15.9. The molecule has 1 N–H and O–H groups in total. The fourth-order valence-corrected chi connectivity index (χ4v) is 8.03. The lowest BCUT2D eigenvalue weighted by Gasteiger charge is -2.27. The van der Waals surface area contributed by atoms with Gasteiger partial charge in [0.15, 0.2) is 0 Å². The van der Waals surface area contributed by atoms with E-state index < -0.39 is 29.7 Å². The lowest BCUT2D eigenvalue weighted by Crippen LogP contribution is -2.54. The number of carbonyl (C=O) groups excluding carboxylic acids is 4. The first-order valence-corrected chi connectivity index (χ1v) is 21.6. The maximum absolute atomic E-state index is 13.0. The van der Waals surface area contributed by atoms with E-state index in [0.717, 1.165) is 50.8 Å². The van der Waals surface area contributed by atoms with Crippen molar-refractivity contribution in [2.24, 2.45) is 0 Å². The largest absolute Gasteiger partial charge is 0.491 e.